The summed E-state index contributed by atoms with van der Waals surface area (Å²) in [6.07, 6.45) is 0.473. The number of fused-ring (bicyclic) bond motifs is 1. The summed E-state index contributed by atoms with van der Waals surface area (Å²) in [5.74, 6) is 0.955. The van der Waals surface area contributed by atoms with Gasteiger partial charge in [0.1, 0.15) is 11.4 Å². The van der Waals surface area contributed by atoms with Gasteiger partial charge in [0.25, 0.3) is 0 Å². The van der Waals surface area contributed by atoms with E-state index in [0.29, 0.717) is 17.8 Å². The van der Waals surface area contributed by atoms with Crippen molar-refractivity contribution in [2.24, 2.45) is 0 Å². The SMILES string of the molecule is CC(C)(C)OC(=O)N1CCc2oc(Br)cc2C1. The van der Waals surface area contributed by atoms with Gasteiger partial charge in [-0.2, -0.15) is 0 Å². The van der Waals surface area contributed by atoms with Crippen molar-refractivity contribution in [3.8, 4) is 0 Å². The molecule has 1 aromatic heterocycles. The van der Waals surface area contributed by atoms with Crippen LogP contribution in [0.3, 0.4) is 0 Å². The summed E-state index contributed by atoms with van der Waals surface area (Å²) >= 11 is 3.30. The number of rotatable bonds is 0. The van der Waals surface area contributed by atoms with Gasteiger partial charge in [-0.1, -0.05) is 0 Å². The van der Waals surface area contributed by atoms with E-state index in [2.05, 4.69) is 15.9 Å². The number of amides is 1. The van der Waals surface area contributed by atoms with E-state index in [1.807, 2.05) is 26.8 Å². The zero-order valence-corrected chi connectivity index (χ0v) is 11.8. The van der Waals surface area contributed by atoms with Crippen LogP contribution in [0.25, 0.3) is 0 Å². The molecule has 5 heteroatoms. The van der Waals surface area contributed by atoms with Crippen molar-refractivity contribution in [3.05, 3.63) is 22.1 Å². The Kier molecular flexibility index (Phi) is 3.21. The van der Waals surface area contributed by atoms with E-state index in [0.717, 1.165) is 17.7 Å². The zero-order chi connectivity index (χ0) is 12.6. The van der Waals surface area contributed by atoms with E-state index in [-0.39, 0.29) is 6.09 Å². The molecule has 0 spiro atoms. The molecule has 0 radical (unpaired) electrons. The second-order valence-corrected chi connectivity index (χ2v) is 5.93. The van der Waals surface area contributed by atoms with E-state index in [9.17, 15) is 4.79 Å². The van der Waals surface area contributed by atoms with Crippen molar-refractivity contribution in [3.63, 3.8) is 0 Å². The Labute approximate surface area is 109 Å². The molecule has 0 aliphatic carbocycles. The lowest BCUT2D eigenvalue weighted by molar-refractivity contribution is 0.0219. The third kappa shape index (κ3) is 3.03. The molecule has 2 heterocycles. The average molecular weight is 302 g/mol. The van der Waals surface area contributed by atoms with Gasteiger partial charge in [-0.25, -0.2) is 4.79 Å². The number of nitrogens with zero attached hydrogens (tertiary/aromatic N) is 1. The molecule has 0 saturated heterocycles. The molecule has 1 aromatic rings. The minimum absolute atomic E-state index is 0.263. The number of hydrogen-bond acceptors (Lipinski definition) is 3. The molecule has 0 N–H and O–H groups in total. The van der Waals surface area contributed by atoms with Gasteiger partial charge in [0.15, 0.2) is 4.67 Å². The summed E-state index contributed by atoms with van der Waals surface area (Å²) in [5, 5.41) is 0. The Hall–Kier alpha value is -0.970. The highest BCUT2D eigenvalue weighted by Crippen LogP contribution is 2.26. The predicted octanol–water partition coefficient (Wildman–Crippen LogP) is 3.34. The number of halogens is 1. The number of ether oxygens (including phenoxy) is 1. The van der Waals surface area contributed by atoms with Crippen LogP contribution in [-0.2, 0) is 17.7 Å². The van der Waals surface area contributed by atoms with Crippen molar-refractivity contribution >= 4 is 22.0 Å². The summed E-state index contributed by atoms with van der Waals surface area (Å²) in [5.41, 5.74) is 0.600. The topological polar surface area (TPSA) is 42.7 Å². The van der Waals surface area contributed by atoms with Gasteiger partial charge in [0, 0.05) is 18.5 Å². The summed E-state index contributed by atoms with van der Waals surface area (Å²) in [7, 11) is 0. The van der Waals surface area contributed by atoms with Gasteiger partial charge in [-0.05, 0) is 42.8 Å². The molecule has 1 aliphatic rings. The smallest absolute Gasteiger partial charge is 0.410 e. The first-order chi connectivity index (χ1) is 7.85. The van der Waals surface area contributed by atoms with Crippen molar-refractivity contribution < 1.29 is 13.9 Å². The van der Waals surface area contributed by atoms with Crippen molar-refractivity contribution in [1.82, 2.24) is 4.90 Å². The van der Waals surface area contributed by atoms with Gasteiger partial charge in [-0.3, -0.25) is 0 Å². The highest BCUT2D eigenvalue weighted by Gasteiger charge is 2.27. The van der Waals surface area contributed by atoms with Gasteiger partial charge < -0.3 is 14.1 Å². The maximum Gasteiger partial charge on any atom is 0.410 e. The molecule has 0 saturated carbocycles. The van der Waals surface area contributed by atoms with E-state index < -0.39 is 5.60 Å². The van der Waals surface area contributed by atoms with Crippen LogP contribution in [0, 0.1) is 0 Å². The Morgan fingerprint density at radius 1 is 1.53 bits per heavy atom. The molecule has 0 aromatic carbocycles. The standard InChI is InChI=1S/C12H16BrNO3/c1-12(2,3)17-11(15)14-5-4-9-8(7-14)6-10(13)16-9/h6H,4-5,7H2,1-3H3. The van der Waals surface area contributed by atoms with Crippen LogP contribution in [0.5, 0.6) is 0 Å². The van der Waals surface area contributed by atoms with Crippen LogP contribution >= 0.6 is 15.9 Å². The second kappa shape index (κ2) is 4.37. The first kappa shape index (κ1) is 12.5. The molecule has 1 aliphatic heterocycles. The Morgan fingerprint density at radius 2 is 2.24 bits per heavy atom. The number of hydrogen-bond donors (Lipinski definition) is 0. The lowest BCUT2D eigenvalue weighted by atomic mass is 10.1. The maximum absolute atomic E-state index is 11.9. The highest BCUT2D eigenvalue weighted by molar-refractivity contribution is 9.10. The van der Waals surface area contributed by atoms with Gasteiger partial charge in [-0.15, -0.1) is 0 Å². The fourth-order valence-electron chi connectivity index (χ4n) is 1.78. The molecule has 0 unspecified atom stereocenters. The normalized spacial score (nSPS) is 15.6. The second-order valence-electron chi connectivity index (χ2n) is 5.15. The van der Waals surface area contributed by atoms with Crippen LogP contribution in [0.4, 0.5) is 4.79 Å². The molecule has 2 rings (SSSR count). The van der Waals surface area contributed by atoms with E-state index in [4.69, 9.17) is 9.15 Å². The molecule has 1 amide bonds. The van der Waals surface area contributed by atoms with E-state index in [1.165, 1.54) is 0 Å². The quantitative estimate of drug-likeness (QED) is 0.738. The average Bonchev–Trinajstić information content (AvgIpc) is 2.53. The summed E-state index contributed by atoms with van der Waals surface area (Å²) < 4.78 is 11.5. The van der Waals surface area contributed by atoms with E-state index >= 15 is 0 Å². The zero-order valence-electron chi connectivity index (χ0n) is 10.2. The molecule has 0 bridgehead atoms. The van der Waals surface area contributed by atoms with Crippen LogP contribution < -0.4 is 0 Å². The molecule has 17 heavy (non-hydrogen) atoms. The van der Waals surface area contributed by atoms with Crippen molar-refractivity contribution in [1.29, 1.82) is 0 Å². The van der Waals surface area contributed by atoms with Gasteiger partial charge in [0.2, 0.25) is 0 Å². The number of furan rings is 1. The highest BCUT2D eigenvalue weighted by atomic mass is 79.9. The Bertz CT molecular complexity index is 433. The lowest BCUT2D eigenvalue weighted by Gasteiger charge is -2.29. The van der Waals surface area contributed by atoms with Gasteiger partial charge in [0.05, 0.1) is 6.54 Å². The van der Waals surface area contributed by atoms with Crippen LogP contribution in [0.1, 0.15) is 32.1 Å². The summed E-state index contributed by atoms with van der Waals surface area (Å²) in [6, 6.07) is 1.91. The number of carbonyl (C=O) groups excluding carboxylic acids is 1. The molecular weight excluding hydrogens is 286 g/mol. The van der Waals surface area contributed by atoms with E-state index in [1.54, 1.807) is 4.90 Å². The fraction of sp³-hybridized carbons (Fsp3) is 0.583. The van der Waals surface area contributed by atoms with Crippen molar-refractivity contribution in [2.45, 2.75) is 39.3 Å². The Balaban J connectivity index is 2.05. The lowest BCUT2D eigenvalue weighted by Crippen LogP contribution is -2.39. The minimum atomic E-state index is -0.450. The maximum atomic E-state index is 11.9. The summed E-state index contributed by atoms with van der Waals surface area (Å²) in [6.45, 7) is 6.80. The molecule has 0 fully saturated rings. The fourth-order valence-corrected chi connectivity index (χ4v) is 2.25. The van der Waals surface area contributed by atoms with Crippen LogP contribution in [0.15, 0.2) is 15.2 Å². The minimum Gasteiger partial charge on any atom is -0.454 e. The van der Waals surface area contributed by atoms with Crippen LogP contribution in [0.2, 0.25) is 0 Å². The predicted molar refractivity (Wildman–Crippen MR) is 66.8 cm³/mol. The van der Waals surface area contributed by atoms with Gasteiger partial charge >= 0.3 is 6.09 Å². The van der Waals surface area contributed by atoms with Crippen molar-refractivity contribution in [2.75, 3.05) is 6.54 Å². The third-order valence-corrected chi connectivity index (χ3v) is 2.88. The first-order valence-electron chi connectivity index (χ1n) is 5.60. The molecule has 0 atom stereocenters. The Morgan fingerprint density at radius 3 is 2.88 bits per heavy atom. The summed E-state index contributed by atoms with van der Waals surface area (Å²) in [4.78, 5) is 13.6. The largest absolute Gasteiger partial charge is 0.454 e. The molecule has 4 nitrogen and oxygen atoms in total. The molecular formula is C12H16BrNO3. The monoisotopic (exact) mass is 301 g/mol. The molecule has 94 valence electrons. The first-order valence-corrected chi connectivity index (χ1v) is 6.39. The third-order valence-electron chi connectivity index (χ3n) is 2.49. The number of carbonyl (C=O) groups is 1. The van der Waals surface area contributed by atoms with Crippen LogP contribution in [-0.4, -0.2) is 23.1 Å².